The van der Waals surface area contributed by atoms with Gasteiger partial charge >= 0.3 is 0 Å². The number of halogens is 2. The molecule has 0 unspecified atom stereocenters. The predicted molar refractivity (Wildman–Crippen MR) is 165 cm³/mol. The molecule has 4 heterocycles. The van der Waals surface area contributed by atoms with Gasteiger partial charge in [-0.3, -0.25) is 8.80 Å². The fraction of sp³-hybridized carbons (Fsp3) is 0.250. The third-order valence-electron chi connectivity index (χ3n) is 6.91. The first-order valence-corrected chi connectivity index (χ1v) is 13.7. The molecule has 2 aromatic carbocycles. The van der Waals surface area contributed by atoms with Crippen molar-refractivity contribution in [3.8, 4) is 22.5 Å². The van der Waals surface area contributed by atoms with E-state index >= 15 is 0 Å². The Morgan fingerprint density at radius 2 is 1.14 bits per heavy atom. The summed E-state index contributed by atoms with van der Waals surface area (Å²) in [6.45, 7) is 3.98. The maximum Gasteiger partial charge on any atom is 0.236 e. The number of aryl methyl sites for hydroxylation is 2. The molecule has 0 radical (unpaired) electrons. The van der Waals surface area contributed by atoms with E-state index in [1.54, 1.807) is 9.80 Å². The summed E-state index contributed by atoms with van der Waals surface area (Å²) < 4.78 is 28.6. The molecule has 0 amide bonds. The number of rotatable bonds is 8. The molecule has 8 nitrogen and oxygen atoms in total. The standard InChI is InChI=1S/2C16H17FN4/c1-12-3-5-13(6-4-12)14-11-21-9-7-15(19-16(21)18-14)20(2)10-8-17;1-12-4-3-5-13(10-12)14-11-21-8-6-15(19-16(21)18-14)20(2)9-7-17/h3-7,9,11H,8,10H2,1-2H3;3-6,8,10-11H,7,9H2,1-2H3. The highest BCUT2D eigenvalue weighted by atomic mass is 19.1. The minimum atomic E-state index is -0.396. The fourth-order valence-electron chi connectivity index (χ4n) is 4.44. The lowest BCUT2D eigenvalue weighted by Crippen LogP contribution is -2.21. The van der Waals surface area contributed by atoms with Gasteiger partial charge in [-0.25, -0.2) is 18.7 Å². The van der Waals surface area contributed by atoms with Crippen molar-refractivity contribution in [1.29, 1.82) is 0 Å². The van der Waals surface area contributed by atoms with Crippen LogP contribution in [0, 0.1) is 13.8 Å². The molecule has 6 aromatic rings. The molecule has 0 aliphatic heterocycles. The van der Waals surface area contributed by atoms with Gasteiger partial charge in [0.25, 0.3) is 0 Å². The Balaban J connectivity index is 0.000000168. The van der Waals surface area contributed by atoms with Crippen LogP contribution >= 0.6 is 0 Å². The van der Waals surface area contributed by atoms with E-state index in [1.807, 2.05) is 84.1 Å². The van der Waals surface area contributed by atoms with E-state index in [2.05, 4.69) is 58.0 Å². The number of fused-ring (bicyclic) bond motifs is 2. The molecule has 0 saturated heterocycles. The number of hydrogen-bond donors (Lipinski definition) is 0. The number of aromatic nitrogens is 6. The van der Waals surface area contributed by atoms with Crippen LogP contribution < -0.4 is 9.80 Å². The van der Waals surface area contributed by atoms with Gasteiger partial charge in [-0.1, -0.05) is 53.6 Å². The Labute approximate surface area is 243 Å². The molecule has 0 aliphatic rings. The molecule has 0 saturated carbocycles. The summed E-state index contributed by atoms with van der Waals surface area (Å²) in [5, 5.41) is 0. The van der Waals surface area contributed by atoms with E-state index < -0.39 is 13.3 Å². The van der Waals surface area contributed by atoms with Crippen molar-refractivity contribution in [2.24, 2.45) is 0 Å². The van der Waals surface area contributed by atoms with Gasteiger partial charge in [-0.15, -0.1) is 0 Å². The van der Waals surface area contributed by atoms with Crippen molar-refractivity contribution >= 4 is 23.2 Å². The monoisotopic (exact) mass is 568 g/mol. The Morgan fingerprint density at radius 1 is 0.619 bits per heavy atom. The van der Waals surface area contributed by atoms with E-state index in [1.165, 1.54) is 11.1 Å². The van der Waals surface area contributed by atoms with Gasteiger partial charge in [0.05, 0.1) is 11.4 Å². The largest absolute Gasteiger partial charge is 0.357 e. The SMILES string of the molecule is Cc1ccc(-c2cn3ccc(N(C)CCF)nc3n2)cc1.Cc1cccc(-c2cn3ccc(N(C)CCF)nc3n2)c1. The summed E-state index contributed by atoms with van der Waals surface area (Å²) in [5.74, 6) is 2.69. The highest BCUT2D eigenvalue weighted by molar-refractivity contribution is 5.63. The summed E-state index contributed by atoms with van der Waals surface area (Å²) >= 11 is 0. The van der Waals surface area contributed by atoms with Gasteiger partial charge in [-0.05, 0) is 32.0 Å². The maximum absolute atomic E-state index is 12.4. The zero-order chi connectivity index (χ0) is 29.6. The number of hydrogen-bond acceptors (Lipinski definition) is 6. The quantitative estimate of drug-likeness (QED) is 0.217. The van der Waals surface area contributed by atoms with Crippen LogP contribution in [-0.2, 0) is 0 Å². The molecule has 10 heteroatoms. The second-order valence-electron chi connectivity index (χ2n) is 10.2. The summed E-state index contributed by atoms with van der Waals surface area (Å²) in [6, 6.07) is 20.2. The zero-order valence-electron chi connectivity index (χ0n) is 24.2. The highest BCUT2D eigenvalue weighted by Crippen LogP contribution is 2.22. The summed E-state index contributed by atoms with van der Waals surface area (Å²) in [4.78, 5) is 21.6. The van der Waals surface area contributed by atoms with Gasteiger partial charge in [0.1, 0.15) is 25.0 Å². The molecule has 216 valence electrons. The minimum absolute atomic E-state index is 0.328. The van der Waals surface area contributed by atoms with Crippen molar-refractivity contribution in [2.45, 2.75) is 13.8 Å². The van der Waals surface area contributed by atoms with Crippen LogP contribution in [0.3, 0.4) is 0 Å². The van der Waals surface area contributed by atoms with E-state index in [-0.39, 0.29) is 0 Å². The molecule has 0 atom stereocenters. The number of alkyl halides is 2. The maximum atomic E-state index is 12.4. The lowest BCUT2D eigenvalue weighted by Gasteiger charge is -2.15. The van der Waals surface area contributed by atoms with Crippen molar-refractivity contribution in [3.05, 3.63) is 96.6 Å². The Morgan fingerprint density at radius 3 is 1.64 bits per heavy atom. The molecule has 0 N–H and O–H groups in total. The number of benzene rings is 2. The van der Waals surface area contributed by atoms with Crippen LogP contribution in [-0.4, -0.2) is 69.3 Å². The highest BCUT2D eigenvalue weighted by Gasteiger charge is 2.10. The molecule has 42 heavy (non-hydrogen) atoms. The van der Waals surface area contributed by atoms with E-state index in [0.29, 0.717) is 24.6 Å². The molecule has 4 aromatic heterocycles. The first-order valence-electron chi connectivity index (χ1n) is 13.7. The molecular weight excluding hydrogens is 534 g/mol. The van der Waals surface area contributed by atoms with Gasteiger partial charge in [0.2, 0.25) is 11.6 Å². The summed E-state index contributed by atoms with van der Waals surface area (Å²) in [6.07, 6.45) is 7.71. The third kappa shape index (κ3) is 6.54. The van der Waals surface area contributed by atoms with Gasteiger partial charge in [0.15, 0.2) is 0 Å². The molecule has 0 spiro atoms. The normalized spacial score (nSPS) is 11.0. The van der Waals surface area contributed by atoms with Crippen LogP contribution in [0.1, 0.15) is 11.1 Å². The lowest BCUT2D eigenvalue weighted by atomic mass is 10.1. The second kappa shape index (κ2) is 12.8. The van der Waals surface area contributed by atoms with Crippen molar-refractivity contribution < 1.29 is 8.78 Å². The average Bonchev–Trinajstić information content (AvgIpc) is 3.62. The first-order chi connectivity index (χ1) is 20.3. The average molecular weight is 569 g/mol. The van der Waals surface area contributed by atoms with Crippen LogP contribution in [0.5, 0.6) is 0 Å². The first kappa shape index (κ1) is 28.7. The van der Waals surface area contributed by atoms with Crippen molar-refractivity contribution in [1.82, 2.24) is 28.7 Å². The molecule has 0 aliphatic carbocycles. The van der Waals surface area contributed by atoms with Crippen LogP contribution in [0.4, 0.5) is 20.4 Å². The molecule has 6 rings (SSSR count). The Hall–Kier alpha value is -4.86. The van der Waals surface area contributed by atoms with E-state index in [9.17, 15) is 8.78 Å². The second-order valence-corrected chi connectivity index (χ2v) is 10.2. The predicted octanol–water partition coefficient (Wildman–Crippen LogP) is 6.22. The number of anilines is 2. The summed E-state index contributed by atoms with van der Waals surface area (Å²) in [5.41, 5.74) is 6.31. The minimum Gasteiger partial charge on any atom is -0.357 e. The summed E-state index contributed by atoms with van der Waals surface area (Å²) in [7, 11) is 3.64. The molecule has 0 bridgehead atoms. The lowest BCUT2D eigenvalue weighted by molar-refractivity contribution is 0.496. The number of imidazole rings is 2. The zero-order valence-corrected chi connectivity index (χ0v) is 24.2. The van der Waals surface area contributed by atoms with E-state index in [4.69, 9.17) is 0 Å². The van der Waals surface area contributed by atoms with E-state index in [0.717, 1.165) is 34.2 Å². The smallest absolute Gasteiger partial charge is 0.236 e. The molecular formula is C32H34F2N8. The van der Waals surface area contributed by atoms with Crippen molar-refractivity contribution in [3.63, 3.8) is 0 Å². The van der Waals surface area contributed by atoms with Crippen molar-refractivity contribution in [2.75, 3.05) is 50.3 Å². The Bertz CT molecular complexity index is 1780. The van der Waals surface area contributed by atoms with Crippen LogP contribution in [0.2, 0.25) is 0 Å². The third-order valence-corrected chi connectivity index (χ3v) is 6.91. The van der Waals surface area contributed by atoms with Gasteiger partial charge < -0.3 is 9.80 Å². The van der Waals surface area contributed by atoms with Crippen LogP contribution in [0.25, 0.3) is 34.1 Å². The fourth-order valence-corrected chi connectivity index (χ4v) is 4.44. The van der Waals surface area contributed by atoms with Gasteiger partial charge in [-0.2, -0.15) is 9.97 Å². The molecule has 0 fully saturated rings. The topological polar surface area (TPSA) is 66.9 Å². The Kier molecular flexibility index (Phi) is 8.71. The number of nitrogens with zero attached hydrogens (tertiary/aromatic N) is 8. The van der Waals surface area contributed by atoms with Crippen LogP contribution in [0.15, 0.2) is 85.5 Å². The van der Waals surface area contributed by atoms with Gasteiger partial charge in [0, 0.05) is 63.1 Å².